The predicted octanol–water partition coefficient (Wildman–Crippen LogP) is 21.5. The second-order valence-corrected chi connectivity index (χ2v) is 91.5. The van der Waals surface area contributed by atoms with Crippen LogP contribution in [0.15, 0.2) is 425 Å². The quantitative estimate of drug-likeness (QED) is 0.0356. The Hall–Kier alpha value is -5.12. The van der Waals surface area contributed by atoms with Crippen molar-refractivity contribution in [3.05, 3.63) is 425 Å². The van der Waals surface area contributed by atoms with Crippen molar-refractivity contribution in [2.24, 2.45) is 0 Å². The van der Waals surface area contributed by atoms with E-state index in [0.29, 0.717) is 12.6 Å². The third-order valence-electron chi connectivity index (χ3n) is 18.5. The standard InChI is InChI=1S/C27H25P2.C26H23P2.2C18H15P.6ClH.3Ni/c1-5-14-24(15-6-1)28(25-16-7-2-8-17-25)22-13-23-29(26-18-9-3-10-19-26)27-20-11-4-12-21-27;1-22(27(23-14-6-2-7-15-23)24-16-8-3-9-17-24)28(25-18-10-4-11-19-25)26-20-12-5-13-21-26;2*1-4-10-16(11-5-1)19(17-12-6-2-7-13-17)18-14-8-3-9-15-18;;;;;;;;;/h1-12,14-22H,13,23H2;2-22H,1H2;2*1-15H;6*1H;;;/q;;;;;;;;;;;2*+2/p-4. The molecular weight excluding hydrogens is 1640 g/mol. The maximum absolute atomic E-state index is 11.4. The molecule has 0 saturated carbocycles. The first kappa shape index (κ1) is 75.7. The van der Waals surface area contributed by atoms with E-state index in [0.717, 1.165) is 42.4 Å². The van der Waals surface area contributed by atoms with Crippen LogP contribution in [0.2, 0.25) is 5.39 Å². The van der Waals surface area contributed by atoms with E-state index in [1.807, 2.05) is 0 Å². The minimum atomic E-state index is -6.00. The molecule has 14 aromatic rings. The number of hydrogen-bond donors (Lipinski definition) is 0. The zero-order valence-corrected chi connectivity index (χ0v) is 69.8. The molecule has 0 fully saturated rings. The van der Waals surface area contributed by atoms with Gasteiger partial charge in [-0.15, -0.1) is 0 Å². The number of halogens is 6. The van der Waals surface area contributed by atoms with E-state index in [-0.39, 0.29) is 10.8 Å². The predicted molar refractivity (Wildman–Crippen MR) is 466 cm³/mol. The average Bonchev–Trinajstić information content (AvgIpc) is 0.607. The fraction of sp³-hybridized carbons (Fsp3) is 0.0562. The summed E-state index contributed by atoms with van der Waals surface area (Å²) in [5.41, 5.74) is 0. The van der Waals surface area contributed by atoms with Crippen LogP contribution in [0.5, 0.6) is 0 Å². The zero-order chi connectivity index (χ0) is 71.6. The average molecular weight is 1720 g/mol. The number of rotatable bonds is 27. The van der Waals surface area contributed by atoms with Gasteiger partial charge in [-0.2, -0.15) is 0 Å². The summed E-state index contributed by atoms with van der Waals surface area (Å²) in [4.78, 5) is 0. The van der Waals surface area contributed by atoms with Crippen LogP contribution >= 0.6 is 105 Å². The molecular formula is C89H80Cl6Ni3P6. The Morgan fingerprint density at radius 3 is 0.644 bits per heavy atom. The molecule has 538 valence electrons. The van der Waals surface area contributed by atoms with Crippen molar-refractivity contribution in [3.8, 4) is 0 Å². The third kappa shape index (κ3) is 13.5. The van der Waals surface area contributed by atoms with Crippen LogP contribution in [0.4, 0.5) is 0 Å². The second-order valence-electron chi connectivity index (χ2n) is 24.5. The van der Waals surface area contributed by atoms with Crippen molar-refractivity contribution in [3.63, 3.8) is 0 Å². The minimum absolute atomic E-state index is 0.130. The molecule has 0 N–H and O–H groups in total. The summed E-state index contributed by atoms with van der Waals surface area (Å²) in [6, 6.07) is 145. The van der Waals surface area contributed by atoms with Crippen LogP contribution in [-0.2, 0) is 22.2 Å². The summed E-state index contributed by atoms with van der Waals surface area (Å²) in [6.07, 6.45) is -4.98. The molecule has 14 aromatic carbocycles. The van der Waals surface area contributed by atoms with Gasteiger partial charge in [-0.05, 0) is 0 Å². The van der Waals surface area contributed by atoms with Gasteiger partial charge >= 0.3 is 654 Å². The Labute approximate surface area is 647 Å². The Morgan fingerprint density at radius 2 is 0.433 bits per heavy atom. The van der Waals surface area contributed by atoms with Crippen molar-refractivity contribution in [2.75, 3.05) is 6.16 Å². The zero-order valence-electron chi connectivity index (χ0n) is 56.7. The molecule has 1 atom stereocenters. The molecule has 104 heavy (non-hydrogen) atoms. The Morgan fingerprint density at radius 1 is 0.250 bits per heavy atom. The molecule has 0 aliphatic heterocycles. The fourth-order valence-corrected chi connectivity index (χ4v) is 174. The van der Waals surface area contributed by atoms with Gasteiger partial charge in [0.1, 0.15) is 0 Å². The molecule has 0 saturated heterocycles. The van der Waals surface area contributed by atoms with Gasteiger partial charge in [0.05, 0.1) is 0 Å². The molecule has 1 unspecified atom stereocenters. The molecule has 0 bridgehead atoms. The number of hydrogen-bond acceptors (Lipinski definition) is 0. The van der Waals surface area contributed by atoms with Gasteiger partial charge in [-0.3, -0.25) is 0 Å². The summed E-state index contributed by atoms with van der Waals surface area (Å²) >= 11 is 0. The molecule has 15 heteroatoms. The van der Waals surface area contributed by atoms with E-state index in [2.05, 4.69) is 425 Å². The summed E-state index contributed by atoms with van der Waals surface area (Å²) in [7, 11) is 49.7. The van der Waals surface area contributed by atoms with Gasteiger partial charge in [0.25, 0.3) is 0 Å². The summed E-state index contributed by atoms with van der Waals surface area (Å²) in [5.74, 6) is 0. The van der Waals surface area contributed by atoms with E-state index < -0.39 is 70.6 Å². The molecule has 0 nitrogen and oxygen atoms in total. The number of benzene rings is 14. The SMILES string of the molecule is [Cl][Ni]([Cl])([CH2]C(P(c1ccccc1)c1ccccc1)P(c1ccccc1)c1ccccc1)[Ni]([Cl])([Cl])([CH](CCP(c1ccccc1)c1ccccc1)P(c1ccccc1)c1ccccc1)[Ni]([Cl])([Cl])([PH](c1ccccc1)(c1ccccc1)c1ccccc1)[PH](c1ccccc1)(c1ccccc1)c1ccccc1. The Balaban J connectivity index is 1.28. The molecule has 0 amide bonds. The van der Waals surface area contributed by atoms with Crippen LogP contribution in [0, 0.1) is 0 Å². The van der Waals surface area contributed by atoms with Crippen molar-refractivity contribution < 1.29 is 22.2 Å². The molecule has 0 aliphatic rings. The van der Waals surface area contributed by atoms with Crippen molar-refractivity contribution in [2.45, 2.75) is 21.8 Å². The van der Waals surface area contributed by atoms with Gasteiger partial charge in [0.2, 0.25) is 0 Å². The molecule has 0 spiro atoms. The van der Waals surface area contributed by atoms with Crippen LogP contribution in [0.25, 0.3) is 0 Å². The molecule has 0 aliphatic carbocycles. The van der Waals surface area contributed by atoms with Gasteiger partial charge < -0.3 is 0 Å². The third-order valence-corrected chi connectivity index (χ3v) is 139. The van der Waals surface area contributed by atoms with Crippen molar-refractivity contribution >= 4 is 179 Å². The first-order valence-corrected chi connectivity index (χ1v) is 59.1. The second kappa shape index (κ2) is 33.4. The first-order valence-electron chi connectivity index (χ1n) is 34.1. The summed E-state index contributed by atoms with van der Waals surface area (Å²) in [6.45, 7) is 0. The van der Waals surface area contributed by atoms with Crippen molar-refractivity contribution in [1.29, 1.82) is 0 Å². The van der Waals surface area contributed by atoms with E-state index in [4.69, 9.17) is 0 Å². The summed E-state index contributed by atoms with van der Waals surface area (Å²) < 4.78 is -0.886. The fourth-order valence-electron chi connectivity index (χ4n) is 14.1. The Kier molecular flexibility index (Phi) is 24.3. The van der Waals surface area contributed by atoms with E-state index in [9.17, 15) is 61.2 Å². The van der Waals surface area contributed by atoms with Gasteiger partial charge in [0, 0.05) is 0 Å². The monoisotopic (exact) mass is 1720 g/mol. The molecule has 0 radical (unpaired) electrons. The molecule has 0 aromatic heterocycles. The normalized spacial score (nSPS) is 13.9. The topological polar surface area (TPSA) is 0 Å². The van der Waals surface area contributed by atoms with Gasteiger partial charge in [0.15, 0.2) is 0 Å². The van der Waals surface area contributed by atoms with Crippen LogP contribution in [-0.4, -0.2) is 16.2 Å². The van der Waals surface area contributed by atoms with Crippen LogP contribution in [0.3, 0.4) is 0 Å². The van der Waals surface area contributed by atoms with Gasteiger partial charge in [-0.25, -0.2) is 0 Å². The first-order chi connectivity index (χ1) is 50.8. The summed E-state index contributed by atoms with van der Waals surface area (Å²) in [5, 5.41) is 14.7. The maximum atomic E-state index is 11.4. The van der Waals surface area contributed by atoms with Crippen LogP contribution < -0.4 is 74.3 Å². The molecule has 0 heterocycles. The van der Waals surface area contributed by atoms with E-state index in [1.54, 1.807) is 0 Å². The van der Waals surface area contributed by atoms with Gasteiger partial charge in [-0.1, -0.05) is 0 Å². The Bertz CT molecular complexity index is 4450. The van der Waals surface area contributed by atoms with Crippen LogP contribution in [0.1, 0.15) is 6.42 Å². The van der Waals surface area contributed by atoms with Crippen molar-refractivity contribution in [1.82, 2.24) is 0 Å². The van der Waals surface area contributed by atoms with E-state index in [1.165, 1.54) is 31.8 Å². The molecule has 14 rings (SSSR count). The van der Waals surface area contributed by atoms with E-state index >= 15 is 0 Å².